The third kappa shape index (κ3) is 2.78. The van der Waals surface area contributed by atoms with E-state index in [9.17, 15) is 14.9 Å². The molecule has 0 unspecified atom stereocenters. The number of nitriles is 1. The number of aromatic nitrogens is 1. The van der Waals surface area contributed by atoms with E-state index >= 15 is 0 Å². The van der Waals surface area contributed by atoms with Crippen molar-refractivity contribution >= 4 is 22.8 Å². The minimum atomic E-state index is -1.05. The highest BCUT2D eigenvalue weighted by atomic mass is 16.5. The van der Waals surface area contributed by atoms with Crippen molar-refractivity contribution in [2.75, 3.05) is 7.11 Å². The van der Waals surface area contributed by atoms with Gasteiger partial charge in [-0.15, -0.1) is 0 Å². The maximum Gasteiger partial charge on any atom is 0.340 e. The zero-order chi connectivity index (χ0) is 19.2. The fourth-order valence-electron chi connectivity index (χ4n) is 4.19. The van der Waals surface area contributed by atoms with Crippen LogP contribution in [0, 0.1) is 23.7 Å². The number of methoxy groups -OCH3 is 1. The van der Waals surface area contributed by atoms with Crippen molar-refractivity contribution in [3.63, 3.8) is 0 Å². The molecule has 2 aliphatic carbocycles. The summed E-state index contributed by atoms with van der Waals surface area (Å²) in [5, 5.41) is 10.2. The van der Waals surface area contributed by atoms with E-state index in [1.165, 1.54) is 7.11 Å². The average Bonchev–Trinajstić information content (AvgIpc) is 3.29. The van der Waals surface area contributed by atoms with Gasteiger partial charge in [0.2, 0.25) is 0 Å². The van der Waals surface area contributed by atoms with Crippen LogP contribution in [0.5, 0.6) is 5.75 Å². The first kappa shape index (κ1) is 17.6. The third-order valence-corrected chi connectivity index (χ3v) is 5.79. The number of hydrogen-bond donors (Lipinski definition) is 0. The molecule has 1 aromatic heterocycles. The van der Waals surface area contributed by atoms with Crippen LogP contribution in [0.4, 0.5) is 0 Å². The molecule has 6 nitrogen and oxygen atoms in total. The molecule has 2 aromatic rings. The molecule has 140 valence electrons. The molecule has 0 atom stereocenters. The highest BCUT2D eigenvalue weighted by Gasteiger charge is 2.43. The minimum Gasteiger partial charge on any atom is -0.465 e. The van der Waals surface area contributed by atoms with Crippen molar-refractivity contribution in [1.29, 1.82) is 5.26 Å². The molecule has 0 aliphatic heterocycles. The highest BCUT2D eigenvalue weighted by molar-refractivity contribution is 6.06. The summed E-state index contributed by atoms with van der Waals surface area (Å²) >= 11 is 0. The van der Waals surface area contributed by atoms with Gasteiger partial charge in [0.25, 0.3) is 0 Å². The number of esters is 2. The Balaban J connectivity index is 1.75. The van der Waals surface area contributed by atoms with E-state index in [0.717, 1.165) is 36.9 Å². The van der Waals surface area contributed by atoms with Crippen molar-refractivity contribution in [3.8, 4) is 11.8 Å². The molecule has 2 saturated carbocycles. The van der Waals surface area contributed by atoms with Crippen LogP contribution >= 0.6 is 0 Å². The molecule has 0 bridgehead atoms. The standard InChI is InChI=1S/C21H22N2O4/c1-13-18(19(24)26-2)16-11-15(7-8-17(16)23(13)14-5-6-14)27-20(25)21(12-22)9-3-4-10-21/h7-8,11,14H,3-6,9-10H2,1-2H3. The molecule has 1 heterocycles. The van der Waals surface area contributed by atoms with Gasteiger partial charge in [0.1, 0.15) is 5.75 Å². The van der Waals surface area contributed by atoms with E-state index < -0.39 is 17.4 Å². The zero-order valence-corrected chi connectivity index (χ0v) is 15.6. The Morgan fingerprint density at radius 1 is 1.26 bits per heavy atom. The number of benzene rings is 1. The lowest BCUT2D eigenvalue weighted by molar-refractivity contribution is -0.142. The summed E-state index contributed by atoms with van der Waals surface area (Å²) in [4.78, 5) is 25.0. The lowest BCUT2D eigenvalue weighted by Gasteiger charge is -2.18. The van der Waals surface area contributed by atoms with Crippen LogP contribution in [0.25, 0.3) is 10.9 Å². The molecule has 0 N–H and O–H groups in total. The second-order valence-corrected chi connectivity index (χ2v) is 7.52. The maximum absolute atomic E-state index is 12.6. The number of hydrogen-bond acceptors (Lipinski definition) is 5. The Kier molecular flexibility index (Phi) is 4.18. The monoisotopic (exact) mass is 366 g/mol. The summed E-state index contributed by atoms with van der Waals surface area (Å²) in [6, 6.07) is 7.89. The van der Waals surface area contributed by atoms with Crippen LogP contribution in [-0.4, -0.2) is 23.6 Å². The number of carbonyl (C=O) groups excluding carboxylic acids is 2. The zero-order valence-electron chi connectivity index (χ0n) is 15.6. The van der Waals surface area contributed by atoms with Crippen LogP contribution in [0.3, 0.4) is 0 Å². The SMILES string of the molecule is COC(=O)c1c(C)n(C2CC2)c2ccc(OC(=O)C3(C#N)CCCC3)cc12. The number of fused-ring (bicyclic) bond motifs is 1. The fraction of sp³-hybridized carbons (Fsp3) is 0.476. The largest absolute Gasteiger partial charge is 0.465 e. The Morgan fingerprint density at radius 2 is 1.96 bits per heavy atom. The third-order valence-electron chi connectivity index (χ3n) is 5.79. The second-order valence-electron chi connectivity index (χ2n) is 7.52. The van der Waals surface area contributed by atoms with Gasteiger partial charge in [-0.3, -0.25) is 0 Å². The van der Waals surface area contributed by atoms with Crippen molar-refractivity contribution in [1.82, 2.24) is 4.57 Å². The average molecular weight is 366 g/mol. The van der Waals surface area contributed by atoms with Gasteiger partial charge in [0, 0.05) is 22.6 Å². The Labute approximate surface area is 157 Å². The van der Waals surface area contributed by atoms with Gasteiger partial charge >= 0.3 is 11.9 Å². The molecule has 0 amide bonds. The van der Waals surface area contributed by atoms with Crippen LogP contribution in [-0.2, 0) is 9.53 Å². The van der Waals surface area contributed by atoms with E-state index in [2.05, 4.69) is 10.6 Å². The first-order valence-corrected chi connectivity index (χ1v) is 9.37. The normalized spacial score (nSPS) is 18.3. The number of ether oxygens (including phenoxy) is 2. The van der Waals surface area contributed by atoms with E-state index in [-0.39, 0.29) is 0 Å². The van der Waals surface area contributed by atoms with Crippen LogP contribution in [0.1, 0.15) is 60.6 Å². The maximum atomic E-state index is 12.6. The number of nitrogens with zero attached hydrogens (tertiary/aromatic N) is 2. The van der Waals surface area contributed by atoms with Crippen molar-refractivity contribution in [2.24, 2.45) is 5.41 Å². The molecule has 4 rings (SSSR count). The van der Waals surface area contributed by atoms with E-state index in [1.807, 2.05) is 13.0 Å². The van der Waals surface area contributed by atoms with Crippen molar-refractivity contribution in [2.45, 2.75) is 51.5 Å². The summed E-state index contributed by atoms with van der Waals surface area (Å²) in [5.41, 5.74) is 1.27. The van der Waals surface area contributed by atoms with Gasteiger partial charge in [-0.25, -0.2) is 9.59 Å². The molecular formula is C21H22N2O4. The van der Waals surface area contributed by atoms with Gasteiger partial charge < -0.3 is 14.0 Å². The van der Waals surface area contributed by atoms with Crippen LogP contribution in [0.2, 0.25) is 0 Å². The quantitative estimate of drug-likeness (QED) is 0.602. The molecule has 2 fully saturated rings. The first-order chi connectivity index (χ1) is 13.0. The number of rotatable bonds is 4. The fourth-order valence-corrected chi connectivity index (χ4v) is 4.19. The predicted octanol–water partition coefficient (Wildman–Crippen LogP) is 4.06. The number of carbonyl (C=O) groups is 2. The molecule has 0 saturated heterocycles. The molecule has 1 aromatic carbocycles. The topological polar surface area (TPSA) is 81.3 Å². The van der Waals surface area contributed by atoms with Crippen LogP contribution < -0.4 is 4.74 Å². The molecular weight excluding hydrogens is 344 g/mol. The van der Waals surface area contributed by atoms with E-state index in [4.69, 9.17) is 9.47 Å². The van der Waals surface area contributed by atoms with Crippen molar-refractivity contribution in [3.05, 3.63) is 29.5 Å². The minimum absolute atomic E-state index is 0.354. The Bertz CT molecular complexity index is 972. The smallest absolute Gasteiger partial charge is 0.340 e. The molecule has 0 radical (unpaired) electrons. The van der Waals surface area contributed by atoms with Gasteiger partial charge in [-0.2, -0.15) is 5.26 Å². The molecule has 6 heteroatoms. The van der Waals surface area contributed by atoms with E-state index in [0.29, 0.717) is 35.6 Å². The molecule has 0 spiro atoms. The summed E-state index contributed by atoms with van der Waals surface area (Å²) < 4.78 is 12.7. The van der Waals surface area contributed by atoms with Crippen molar-refractivity contribution < 1.29 is 19.1 Å². The van der Waals surface area contributed by atoms with Gasteiger partial charge in [-0.1, -0.05) is 12.8 Å². The summed E-state index contributed by atoms with van der Waals surface area (Å²) in [7, 11) is 1.36. The Hall–Kier alpha value is -2.81. The molecule has 2 aliphatic rings. The lowest BCUT2D eigenvalue weighted by atomic mass is 9.88. The lowest BCUT2D eigenvalue weighted by Crippen LogP contribution is -2.30. The second kappa shape index (κ2) is 6.41. The summed E-state index contributed by atoms with van der Waals surface area (Å²) in [6.07, 6.45) is 4.97. The summed E-state index contributed by atoms with van der Waals surface area (Å²) in [6.45, 7) is 1.92. The van der Waals surface area contributed by atoms with E-state index in [1.54, 1.807) is 12.1 Å². The van der Waals surface area contributed by atoms with Gasteiger partial charge in [-0.05, 0) is 50.8 Å². The van der Waals surface area contributed by atoms with Crippen LogP contribution in [0.15, 0.2) is 18.2 Å². The van der Waals surface area contributed by atoms with Gasteiger partial charge in [0.15, 0.2) is 5.41 Å². The molecule has 27 heavy (non-hydrogen) atoms. The first-order valence-electron chi connectivity index (χ1n) is 9.37. The Morgan fingerprint density at radius 3 is 2.56 bits per heavy atom. The summed E-state index contributed by atoms with van der Waals surface area (Å²) in [5.74, 6) is -0.545. The predicted molar refractivity (Wildman–Crippen MR) is 98.4 cm³/mol. The highest BCUT2D eigenvalue weighted by Crippen LogP contribution is 2.43. The van der Waals surface area contributed by atoms with Gasteiger partial charge in [0.05, 0.1) is 18.7 Å².